The van der Waals surface area contributed by atoms with Gasteiger partial charge in [0.15, 0.2) is 0 Å². The molecule has 192 valence electrons. The number of carbonyl (C=O) groups is 3. The summed E-state index contributed by atoms with van der Waals surface area (Å²) >= 11 is 0. The van der Waals surface area contributed by atoms with Crippen LogP contribution in [-0.2, 0) is 22.2 Å². The van der Waals surface area contributed by atoms with Crippen LogP contribution in [-0.4, -0.2) is 27.9 Å². The number of halogens is 3. The number of anilines is 2. The summed E-state index contributed by atoms with van der Waals surface area (Å²) in [6.45, 7) is 3.68. The molecule has 0 spiro atoms. The Kier molecular flexibility index (Phi) is 6.80. The van der Waals surface area contributed by atoms with Gasteiger partial charge in [0.1, 0.15) is 0 Å². The standard InChI is InChI=1S/C26H23F3N4O4/c1-13-18(8-10-23(34)35)14(2)30-22(13)12-20-19-11-15(3-9-21(19)31-25(20)37)24(36)33-32-17-6-4-16(5-7-17)26(27,28)29/h3-7,9,11-12,30,32H,8,10H2,1-2H3,(H,31,37)(H,33,36)(H,34,35)/b20-12-. The molecule has 1 aliphatic rings. The molecular weight excluding hydrogens is 489 g/mol. The van der Waals surface area contributed by atoms with Gasteiger partial charge in [-0.25, -0.2) is 0 Å². The first-order valence-corrected chi connectivity index (χ1v) is 11.2. The lowest BCUT2D eigenvalue weighted by Gasteiger charge is -2.11. The van der Waals surface area contributed by atoms with E-state index in [4.69, 9.17) is 5.11 Å². The lowest BCUT2D eigenvalue weighted by molar-refractivity contribution is -0.138. The van der Waals surface area contributed by atoms with Crippen LogP contribution in [0.5, 0.6) is 0 Å². The lowest BCUT2D eigenvalue weighted by atomic mass is 10.0. The molecular formula is C26H23F3N4O4. The number of nitrogens with one attached hydrogen (secondary N) is 4. The summed E-state index contributed by atoms with van der Waals surface area (Å²) in [4.78, 5) is 39.5. The van der Waals surface area contributed by atoms with Crippen molar-refractivity contribution in [2.45, 2.75) is 32.9 Å². The molecule has 0 radical (unpaired) electrons. The van der Waals surface area contributed by atoms with Crippen LogP contribution < -0.4 is 16.2 Å². The topological polar surface area (TPSA) is 123 Å². The van der Waals surface area contributed by atoms with E-state index in [0.29, 0.717) is 28.9 Å². The third-order valence-electron chi connectivity index (χ3n) is 6.11. The summed E-state index contributed by atoms with van der Waals surface area (Å²) in [6, 6.07) is 8.83. The van der Waals surface area contributed by atoms with Gasteiger partial charge in [-0.1, -0.05) is 0 Å². The number of carbonyl (C=O) groups excluding carboxylic acids is 2. The number of amides is 2. The fourth-order valence-corrected chi connectivity index (χ4v) is 4.13. The van der Waals surface area contributed by atoms with E-state index in [2.05, 4.69) is 21.2 Å². The van der Waals surface area contributed by atoms with E-state index in [1.165, 1.54) is 18.2 Å². The SMILES string of the molecule is Cc1[nH]c(/C=C2\C(=O)Nc3ccc(C(=O)NNc4ccc(C(F)(F)F)cc4)cc32)c(C)c1CCC(=O)O. The first-order chi connectivity index (χ1) is 17.4. The highest BCUT2D eigenvalue weighted by Gasteiger charge is 2.30. The van der Waals surface area contributed by atoms with E-state index in [0.717, 1.165) is 29.0 Å². The number of benzene rings is 2. The number of hydrogen-bond donors (Lipinski definition) is 5. The molecule has 1 aromatic heterocycles. The highest BCUT2D eigenvalue weighted by atomic mass is 19.4. The molecule has 8 nitrogen and oxygen atoms in total. The number of carboxylic acids is 1. The predicted molar refractivity (Wildman–Crippen MR) is 132 cm³/mol. The molecule has 0 bridgehead atoms. The number of H-pyrrole nitrogens is 1. The zero-order valence-electron chi connectivity index (χ0n) is 19.8. The molecule has 1 aliphatic heterocycles. The Hall–Kier alpha value is -4.54. The summed E-state index contributed by atoms with van der Waals surface area (Å²) < 4.78 is 38.2. The largest absolute Gasteiger partial charge is 0.481 e. The van der Waals surface area contributed by atoms with Gasteiger partial charge in [0.05, 0.1) is 16.8 Å². The molecule has 4 rings (SSSR count). The smallest absolute Gasteiger partial charge is 0.416 e. The van der Waals surface area contributed by atoms with Crippen LogP contribution in [0.15, 0.2) is 42.5 Å². The minimum Gasteiger partial charge on any atom is -0.481 e. The van der Waals surface area contributed by atoms with Gasteiger partial charge in [-0.05, 0) is 79.9 Å². The summed E-state index contributed by atoms with van der Waals surface area (Å²) in [5.74, 6) is -1.80. The summed E-state index contributed by atoms with van der Waals surface area (Å²) in [5.41, 5.74) is 9.23. The number of alkyl halides is 3. The first-order valence-electron chi connectivity index (χ1n) is 11.2. The van der Waals surface area contributed by atoms with Gasteiger partial charge in [0.2, 0.25) is 0 Å². The van der Waals surface area contributed by atoms with Crippen LogP contribution in [0, 0.1) is 13.8 Å². The van der Waals surface area contributed by atoms with Crippen LogP contribution in [0.25, 0.3) is 11.6 Å². The first kappa shape index (κ1) is 25.5. The van der Waals surface area contributed by atoms with Crippen molar-refractivity contribution in [2.75, 3.05) is 10.7 Å². The number of hydrazine groups is 1. The summed E-state index contributed by atoms with van der Waals surface area (Å²) in [5, 5.41) is 11.7. The number of carboxylic acid groups (broad SMARTS) is 1. The molecule has 0 unspecified atom stereocenters. The number of aromatic amines is 1. The predicted octanol–water partition coefficient (Wildman–Crippen LogP) is 4.92. The van der Waals surface area contributed by atoms with Crippen molar-refractivity contribution in [2.24, 2.45) is 0 Å². The fraction of sp³-hybridized carbons (Fsp3) is 0.192. The molecule has 0 atom stereocenters. The van der Waals surface area contributed by atoms with Gasteiger partial charge in [0.25, 0.3) is 11.8 Å². The molecule has 0 saturated carbocycles. The van der Waals surface area contributed by atoms with Gasteiger partial charge < -0.3 is 15.4 Å². The second kappa shape index (κ2) is 9.84. The van der Waals surface area contributed by atoms with Crippen LogP contribution in [0.4, 0.5) is 24.5 Å². The highest BCUT2D eigenvalue weighted by molar-refractivity contribution is 6.35. The van der Waals surface area contributed by atoms with Gasteiger partial charge in [-0.2, -0.15) is 13.2 Å². The van der Waals surface area contributed by atoms with Crippen LogP contribution in [0.3, 0.4) is 0 Å². The van der Waals surface area contributed by atoms with E-state index < -0.39 is 23.6 Å². The number of aryl methyl sites for hydroxylation is 1. The molecule has 0 saturated heterocycles. The van der Waals surface area contributed by atoms with Gasteiger partial charge in [-0.15, -0.1) is 0 Å². The summed E-state index contributed by atoms with van der Waals surface area (Å²) in [7, 11) is 0. The quantitative estimate of drug-likeness (QED) is 0.227. The number of aromatic nitrogens is 1. The minimum atomic E-state index is -4.46. The zero-order chi connectivity index (χ0) is 26.9. The lowest BCUT2D eigenvalue weighted by Crippen LogP contribution is -2.29. The van der Waals surface area contributed by atoms with E-state index in [1.54, 1.807) is 18.2 Å². The number of hydrogen-bond acceptors (Lipinski definition) is 4. The maximum atomic E-state index is 12.7. The van der Waals surface area contributed by atoms with E-state index in [1.807, 2.05) is 13.8 Å². The monoisotopic (exact) mass is 512 g/mol. The Bertz CT molecular complexity index is 1420. The van der Waals surface area contributed by atoms with Crippen molar-refractivity contribution in [3.05, 3.63) is 81.7 Å². The molecule has 2 aromatic carbocycles. The molecule has 2 heterocycles. The average molecular weight is 512 g/mol. The van der Waals surface area contributed by atoms with Crippen LogP contribution >= 0.6 is 0 Å². The zero-order valence-corrected chi connectivity index (χ0v) is 19.8. The Labute approximate surface area is 209 Å². The van der Waals surface area contributed by atoms with Crippen molar-refractivity contribution in [3.8, 4) is 0 Å². The van der Waals surface area contributed by atoms with Crippen LogP contribution in [0.1, 0.15) is 50.4 Å². The number of aliphatic carboxylic acids is 1. The molecule has 3 aromatic rings. The molecule has 0 aliphatic carbocycles. The van der Waals surface area contributed by atoms with Crippen molar-refractivity contribution in [3.63, 3.8) is 0 Å². The van der Waals surface area contributed by atoms with Gasteiger partial charge in [-0.3, -0.25) is 25.2 Å². The molecule has 37 heavy (non-hydrogen) atoms. The van der Waals surface area contributed by atoms with Crippen molar-refractivity contribution >= 4 is 40.8 Å². The van der Waals surface area contributed by atoms with E-state index >= 15 is 0 Å². The normalized spacial score (nSPS) is 13.9. The van der Waals surface area contributed by atoms with Crippen LogP contribution in [0.2, 0.25) is 0 Å². The van der Waals surface area contributed by atoms with E-state index in [9.17, 15) is 27.6 Å². The van der Waals surface area contributed by atoms with Gasteiger partial charge >= 0.3 is 12.1 Å². The fourth-order valence-electron chi connectivity index (χ4n) is 4.13. The van der Waals surface area contributed by atoms with Crippen molar-refractivity contribution in [1.82, 2.24) is 10.4 Å². The minimum absolute atomic E-state index is 0.0160. The second-order valence-electron chi connectivity index (χ2n) is 8.59. The Morgan fingerprint density at radius 2 is 1.78 bits per heavy atom. The third-order valence-corrected chi connectivity index (χ3v) is 6.11. The maximum Gasteiger partial charge on any atom is 0.416 e. The molecule has 5 N–H and O–H groups in total. The van der Waals surface area contributed by atoms with Crippen molar-refractivity contribution < 1.29 is 32.7 Å². The summed E-state index contributed by atoms with van der Waals surface area (Å²) in [6.07, 6.45) is -2.46. The Balaban J connectivity index is 1.54. The van der Waals surface area contributed by atoms with E-state index in [-0.39, 0.29) is 23.6 Å². The van der Waals surface area contributed by atoms with Gasteiger partial charge in [0, 0.05) is 34.6 Å². The average Bonchev–Trinajstić information content (AvgIpc) is 3.29. The Morgan fingerprint density at radius 1 is 1.08 bits per heavy atom. The Morgan fingerprint density at radius 3 is 2.43 bits per heavy atom. The molecule has 2 amide bonds. The molecule has 0 fully saturated rings. The molecule has 11 heteroatoms. The maximum absolute atomic E-state index is 12.7. The number of fused-ring (bicyclic) bond motifs is 1. The number of rotatable bonds is 7. The van der Waals surface area contributed by atoms with Crippen molar-refractivity contribution in [1.29, 1.82) is 0 Å². The highest BCUT2D eigenvalue weighted by Crippen LogP contribution is 2.35. The second-order valence-corrected chi connectivity index (χ2v) is 8.59. The third kappa shape index (κ3) is 5.50.